The summed E-state index contributed by atoms with van der Waals surface area (Å²) in [6.45, 7) is 5.74. The standard InChI is InChI=1S/C18H23N3O3S/c1-13(2)12-16(18(22)20-17-6-4-5-11-19-17)21-25(23,24)15-9-7-14(3)8-10-15/h4-11,13,16,21H,12H2,1-3H3,(H,19,20,22)/t16-/m0/s1. The molecule has 0 aliphatic carbocycles. The van der Waals surface area contributed by atoms with Crippen molar-refractivity contribution >= 4 is 21.7 Å². The van der Waals surface area contributed by atoms with Gasteiger partial charge >= 0.3 is 0 Å². The lowest BCUT2D eigenvalue weighted by Crippen LogP contribution is -2.44. The van der Waals surface area contributed by atoms with E-state index < -0.39 is 22.0 Å². The van der Waals surface area contributed by atoms with E-state index in [1.807, 2.05) is 20.8 Å². The number of pyridine rings is 1. The molecule has 0 radical (unpaired) electrons. The second-order valence-corrected chi connectivity index (χ2v) is 8.03. The predicted molar refractivity (Wildman–Crippen MR) is 97.6 cm³/mol. The van der Waals surface area contributed by atoms with Crippen LogP contribution in [0.4, 0.5) is 5.82 Å². The van der Waals surface area contributed by atoms with Gasteiger partial charge < -0.3 is 5.32 Å². The Morgan fingerprint density at radius 3 is 2.36 bits per heavy atom. The molecule has 0 saturated carbocycles. The van der Waals surface area contributed by atoms with Crippen LogP contribution in [-0.2, 0) is 14.8 Å². The van der Waals surface area contributed by atoms with Crippen molar-refractivity contribution < 1.29 is 13.2 Å². The van der Waals surface area contributed by atoms with Crippen LogP contribution in [-0.4, -0.2) is 25.4 Å². The molecule has 0 spiro atoms. The average molecular weight is 361 g/mol. The Morgan fingerprint density at radius 2 is 1.80 bits per heavy atom. The number of benzene rings is 1. The van der Waals surface area contributed by atoms with Crippen LogP contribution >= 0.6 is 0 Å². The average Bonchev–Trinajstić information content (AvgIpc) is 2.55. The van der Waals surface area contributed by atoms with Gasteiger partial charge in [-0.2, -0.15) is 4.72 Å². The SMILES string of the molecule is Cc1ccc(S(=O)(=O)N[C@@H](CC(C)C)C(=O)Nc2ccccn2)cc1. The zero-order valence-corrected chi connectivity index (χ0v) is 15.4. The number of nitrogens with zero attached hydrogens (tertiary/aromatic N) is 1. The van der Waals surface area contributed by atoms with E-state index in [0.717, 1.165) is 5.56 Å². The minimum atomic E-state index is -3.79. The highest BCUT2D eigenvalue weighted by Gasteiger charge is 2.26. The Balaban J connectivity index is 2.19. The molecule has 1 aromatic carbocycles. The smallest absolute Gasteiger partial charge is 0.243 e. The molecular weight excluding hydrogens is 338 g/mol. The zero-order chi connectivity index (χ0) is 18.4. The van der Waals surface area contributed by atoms with Gasteiger partial charge in [-0.1, -0.05) is 37.6 Å². The lowest BCUT2D eigenvalue weighted by molar-refractivity contribution is -0.118. The number of amides is 1. The summed E-state index contributed by atoms with van der Waals surface area (Å²) in [6, 6.07) is 10.8. The number of hydrogen-bond donors (Lipinski definition) is 2. The van der Waals surface area contributed by atoms with Crippen LogP contribution in [0.15, 0.2) is 53.6 Å². The first kappa shape index (κ1) is 19.1. The molecule has 0 bridgehead atoms. The van der Waals surface area contributed by atoms with Crippen LogP contribution in [0.3, 0.4) is 0 Å². The van der Waals surface area contributed by atoms with E-state index in [1.165, 1.54) is 12.1 Å². The summed E-state index contributed by atoms with van der Waals surface area (Å²) in [7, 11) is -3.79. The van der Waals surface area contributed by atoms with Crippen LogP contribution in [0.2, 0.25) is 0 Å². The summed E-state index contributed by atoms with van der Waals surface area (Å²) in [4.78, 5) is 16.7. The minimum absolute atomic E-state index is 0.137. The monoisotopic (exact) mass is 361 g/mol. The molecule has 7 heteroatoms. The Hall–Kier alpha value is -2.25. The van der Waals surface area contributed by atoms with Gasteiger partial charge in [0.1, 0.15) is 11.9 Å². The van der Waals surface area contributed by atoms with E-state index in [1.54, 1.807) is 36.5 Å². The summed E-state index contributed by atoms with van der Waals surface area (Å²) in [5.74, 6) is 0.0964. The fourth-order valence-electron chi connectivity index (χ4n) is 2.30. The number of anilines is 1. The van der Waals surface area contributed by atoms with E-state index in [0.29, 0.717) is 12.2 Å². The van der Waals surface area contributed by atoms with Crippen molar-refractivity contribution in [1.29, 1.82) is 0 Å². The molecule has 0 saturated heterocycles. The van der Waals surface area contributed by atoms with Crippen molar-refractivity contribution in [3.63, 3.8) is 0 Å². The van der Waals surface area contributed by atoms with Gasteiger partial charge in [0.05, 0.1) is 4.90 Å². The zero-order valence-electron chi connectivity index (χ0n) is 14.6. The first-order valence-corrected chi connectivity index (χ1v) is 9.57. The molecule has 134 valence electrons. The van der Waals surface area contributed by atoms with Crippen LogP contribution in [0.1, 0.15) is 25.8 Å². The third kappa shape index (κ3) is 5.65. The summed E-state index contributed by atoms with van der Waals surface area (Å²) in [6.07, 6.45) is 1.94. The fraction of sp³-hybridized carbons (Fsp3) is 0.333. The van der Waals surface area contributed by atoms with Gasteiger partial charge in [-0.05, 0) is 43.5 Å². The number of carbonyl (C=O) groups is 1. The van der Waals surface area contributed by atoms with Crippen molar-refractivity contribution in [2.75, 3.05) is 5.32 Å². The maximum absolute atomic E-state index is 12.6. The topological polar surface area (TPSA) is 88.2 Å². The quantitative estimate of drug-likeness (QED) is 0.794. The number of hydrogen-bond acceptors (Lipinski definition) is 4. The molecule has 2 rings (SSSR count). The maximum Gasteiger partial charge on any atom is 0.243 e. The Labute approximate surface area is 148 Å². The van der Waals surface area contributed by atoms with Gasteiger partial charge in [0.25, 0.3) is 0 Å². The molecule has 0 aliphatic heterocycles. The normalized spacial score (nSPS) is 12.8. The fourth-order valence-corrected chi connectivity index (χ4v) is 3.51. The molecule has 0 fully saturated rings. The highest BCUT2D eigenvalue weighted by Crippen LogP contribution is 2.14. The highest BCUT2D eigenvalue weighted by molar-refractivity contribution is 7.89. The van der Waals surface area contributed by atoms with E-state index in [2.05, 4.69) is 15.0 Å². The molecule has 1 amide bonds. The summed E-state index contributed by atoms with van der Waals surface area (Å²) >= 11 is 0. The molecular formula is C18H23N3O3S. The van der Waals surface area contributed by atoms with Crippen molar-refractivity contribution in [3.05, 3.63) is 54.2 Å². The molecule has 1 heterocycles. The van der Waals surface area contributed by atoms with Gasteiger partial charge in [0.15, 0.2) is 0 Å². The number of carbonyl (C=O) groups excluding carboxylic acids is 1. The molecule has 0 unspecified atom stereocenters. The van der Waals surface area contributed by atoms with Gasteiger partial charge in [-0.3, -0.25) is 4.79 Å². The van der Waals surface area contributed by atoms with Crippen molar-refractivity contribution in [1.82, 2.24) is 9.71 Å². The Bertz CT molecular complexity index is 803. The van der Waals surface area contributed by atoms with E-state index >= 15 is 0 Å². The van der Waals surface area contributed by atoms with Crippen molar-refractivity contribution in [3.8, 4) is 0 Å². The van der Waals surface area contributed by atoms with Crippen LogP contribution in [0.5, 0.6) is 0 Å². The van der Waals surface area contributed by atoms with Crippen LogP contribution < -0.4 is 10.0 Å². The Morgan fingerprint density at radius 1 is 1.12 bits per heavy atom. The van der Waals surface area contributed by atoms with Crippen LogP contribution in [0, 0.1) is 12.8 Å². The van der Waals surface area contributed by atoms with E-state index in [4.69, 9.17) is 0 Å². The number of nitrogens with one attached hydrogen (secondary N) is 2. The van der Waals surface area contributed by atoms with Crippen molar-refractivity contribution in [2.24, 2.45) is 5.92 Å². The maximum atomic E-state index is 12.6. The molecule has 1 atom stereocenters. The first-order chi connectivity index (χ1) is 11.8. The second-order valence-electron chi connectivity index (χ2n) is 6.32. The number of aryl methyl sites for hydroxylation is 1. The highest BCUT2D eigenvalue weighted by atomic mass is 32.2. The third-order valence-electron chi connectivity index (χ3n) is 3.57. The molecule has 6 nitrogen and oxygen atoms in total. The van der Waals surface area contributed by atoms with Gasteiger partial charge in [0.2, 0.25) is 15.9 Å². The summed E-state index contributed by atoms with van der Waals surface area (Å²) in [5, 5.41) is 2.65. The lowest BCUT2D eigenvalue weighted by atomic mass is 10.0. The molecule has 2 N–H and O–H groups in total. The van der Waals surface area contributed by atoms with E-state index in [-0.39, 0.29) is 10.8 Å². The molecule has 25 heavy (non-hydrogen) atoms. The number of sulfonamides is 1. The summed E-state index contributed by atoms with van der Waals surface area (Å²) < 4.78 is 27.7. The predicted octanol–water partition coefficient (Wildman–Crippen LogP) is 2.72. The number of aromatic nitrogens is 1. The van der Waals surface area contributed by atoms with Crippen LogP contribution in [0.25, 0.3) is 0 Å². The third-order valence-corrected chi connectivity index (χ3v) is 5.06. The number of rotatable bonds is 7. The lowest BCUT2D eigenvalue weighted by Gasteiger charge is -2.20. The van der Waals surface area contributed by atoms with Gasteiger partial charge in [-0.25, -0.2) is 13.4 Å². The van der Waals surface area contributed by atoms with Crippen molar-refractivity contribution in [2.45, 2.75) is 38.1 Å². The summed E-state index contributed by atoms with van der Waals surface area (Å²) in [5.41, 5.74) is 0.963. The van der Waals surface area contributed by atoms with Gasteiger partial charge in [0, 0.05) is 6.20 Å². The molecule has 2 aromatic rings. The van der Waals surface area contributed by atoms with E-state index in [9.17, 15) is 13.2 Å². The largest absolute Gasteiger partial charge is 0.309 e. The Kier molecular flexibility index (Phi) is 6.27. The second kappa shape index (κ2) is 8.22. The molecule has 1 aromatic heterocycles. The molecule has 0 aliphatic rings. The van der Waals surface area contributed by atoms with Gasteiger partial charge in [-0.15, -0.1) is 0 Å². The minimum Gasteiger partial charge on any atom is -0.309 e. The first-order valence-electron chi connectivity index (χ1n) is 8.09.